The largest absolute Gasteiger partial charge is 0.480 e. The van der Waals surface area contributed by atoms with Gasteiger partial charge in [0.1, 0.15) is 6.04 Å². The smallest absolute Gasteiger partial charge is 0.326 e. The van der Waals surface area contributed by atoms with Gasteiger partial charge >= 0.3 is 5.97 Å². The lowest BCUT2D eigenvalue weighted by Gasteiger charge is -2.21. The van der Waals surface area contributed by atoms with E-state index >= 15 is 0 Å². The van der Waals surface area contributed by atoms with E-state index in [0.717, 1.165) is 0 Å². The molecule has 0 aromatic heterocycles. The number of halogens is 1. The molecule has 0 aliphatic rings. The number of rotatable bonds is 7. The van der Waals surface area contributed by atoms with Gasteiger partial charge in [0.2, 0.25) is 15.9 Å². The van der Waals surface area contributed by atoms with Crippen LogP contribution >= 0.6 is 11.6 Å². The number of benzene rings is 1. The highest BCUT2D eigenvalue weighted by molar-refractivity contribution is 7.89. The molecule has 0 aliphatic carbocycles. The molecule has 0 spiro atoms. The summed E-state index contributed by atoms with van der Waals surface area (Å²) in [5.41, 5.74) is 0. The van der Waals surface area contributed by atoms with Crippen LogP contribution in [0.3, 0.4) is 0 Å². The first-order valence-electron chi connectivity index (χ1n) is 6.85. The van der Waals surface area contributed by atoms with Gasteiger partial charge in [-0.15, -0.1) is 0 Å². The molecule has 23 heavy (non-hydrogen) atoms. The minimum atomic E-state index is -3.91. The maximum absolute atomic E-state index is 12.2. The van der Waals surface area contributed by atoms with Crippen molar-refractivity contribution >= 4 is 33.5 Å². The summed E-state index contributed by atoms with van der Waals surface area (Å²) in [6.07, 6.45) is 0. The zero-order valence-electron chi connectivity index (χ0n) is 12.9. The van der Waals surface area contributed by atoms with Gasteiger partial charge in [0.05, 0.1) is 10.9 Å². The molecule has 7 nitrogen and oxygen atoms in total. The van der Waals surface area contributed by atoms with Crippen LogP contribution in [0.15, 0.2) is 29.2 Å². The van der Waals surface area contributed by atoms with E-state index in [0.29, 0.717) is 5.02 Å². The van der Waals surface area contributed by atoms with E-state index in [1.165, 1.54) is 31.2 Å². The molecule has 1 unspecified atom stereocenters. The van der Waals surface area contributed by atoms with Gasteiger partial charge in [-0.3, -0.25) is 4.79 Å². The Morgan fingerprint density at radius 2 is 1.65 bits per heavy atom. The van der Waals surface area contributed by atoms with Crippen molar-refractivity contribution in [3.63, 3.8) is 0 Å². The Morgan fingerprint density at radius 3 is 2.09 bits per heavy atom. The Bertz CT molecular complexity index is 673. The molecular weight excluding hydrogens is 344 g/mol. The lowest BCUT2D eigenvalue weighted by molar-refractivity contribution is -0.143. The molecule has 0 radical (unpaired) electrons. The SMILES string of the molecule is CC(NS(=O)(=O)c1ccc(Cl)cc1)C(=O)N[C@H](C(=O)O)C(C)C. The van der Waals surface area contributed by atoms with Crippen LogP contribution in [-0.2, 0) is 19.6 Å². The number of amides is 1. The molecule has 0 aliphatic heterocycles. The highest BCUT2D eigenvalue weighted by Crippen LogP contribution is 2.14. The van der Waals surface area contributed by atoms with Crippen LogP contribution in [0.25, 0.3) is 0 Å². The Balaban J connectivity index is 2.81. The summed E-state index contributed by atoms with van der Waals surface area (Å²) in [6.45, 7) is 4.62. The number of hydrogen-bond donors (Lipinski definition) is 3. The maximum atomic E-state index is 12.2. The average molecular weight is 363 g/mol. The van der Waals surface area contributed by atoms with Crippen LogP contribution in [0.4, 0.5) is 0 Å². The van der Waals surface area contributed by atoms with Gasteiger partial charge in [-0.2, -0.15) is 4.72 Å². The molecule has 0 saturated carbocycles. The van der Waals surface area contributed by atoms with Gasteiger partial charge < -0.3 is 10.4 Å². The number of carbonyl (C=O) groups is 2. The molecular formula is C14H19ClN2O5S. The fourth-order valence-corrected chi connectivity index (χ4v) is 3.09. The van der Waals surface area contributed by atoms with Crippen LogP contribution < -0.4 is 10.0 Å². The third-order valence-corrected chi connectivity index (χ3v) is 4.89. The van der Waals surface area contributed by atoms with E-state index in [1.54, 1.807) is 13.8 Å². The monoisotopic (exact) mass is 362 g/mol. The number of sulfonamides is 1. The fraction of sp³-hybridized carbons (Fsp3) is 0.429. The number of carboxylic acid groups (broad SMARTS) is 1. The standard InChI is InChI=1S/C14H19ClN2O5S/c1-8(2)12(14(19)20)16-13(18)9(3)17-23(21,22)11-6-4-10(15)5-7-11/h4-9,12,17H,1-3H3,(H,16,18)(H,19,20)/t9?,12-/m0/s1. The predicted octanol–water partition coefficient (Wildman–Crippen LogP) is 1.23. The number of aliphatic carboxylic acids is 1. The zero-order valence-corrected chi connectivity index (χ0v) is 14.5. The van der Waals surface area contributed by atoms with Crippen molar-refractivity contribution in [3.8, 4) is 0 Å². The molecule has 1 aromatic rings. The van der Waals surface area contributed by atoms with Crippen molar-refractivity contribution in [3.05, 3.63) is 29.3 Å². The molecule has 0 bridgehead atoms. The topological polar surface area (TPSA) is 113 Å². The zero-order chi connectivity index (χ0) is 17.8. The number of carboxylic acids is 1. The van der Waals surface area contributed by atoms with E-state index in [9.17, 15) is 18.0 Å². The molecule has 2 atom stereocenters. The first-order chi connectivity index (χ1) is 10.5. The summed E-state index contributed by atoms with van der Waals surface area (Å²) < 4.78 is 26.5. The number of hydrogen-bond acceptors (Lipinski definition) is 4. The third-order valence-electron chi connectivity index (χ3n) is 3.08. The van der Waals surface area contributed by atoms with Gasteiger partial charge in [-0.25, -0.2) is 13.2 Å². The highest BCUT2D eigenvalue weighted by Gasteiger charge is 2.28. The second-order valence-corrected chi connectivity index (χ2v) is 7.52. The highest BCUT2D eigenvalue weighted by atomic mass is 35.5. The predicted molar refractivity (Wildman–Crippen MR) is 85.6 cm³/mol. The van der Waals surface area contributed by atoms with Crippen LogP contribution in [0.2, 0.25) is 5.02 Å². The molecule has 0 fully saturated rings. The van der Waals surface area contributed by atoms with Crippen LogP contribution in [0.1, 0.15) is 20.8 Å². The summed E-state index contributed by atoms with van der Waals surface area (Å²) in [4.78, 5) is 23.0. The van der Waals surface area contributed by atoms with Crippen LogP contribution in [0, 0.1) is 5.92 Å². The number of nitrogens with one attached hydrogen (secondary N) is 2. The first kappa shape index (κ1) is 19.4. The minimum absolute atomic E-state index is 0.0415. The Labute approximate surface area is 140 Å². The third kappa shape index (κ3) is 5.49. The molecule has 128 valence electrons. The van der Waals surface area contributed by atoms with E-state index in [1.807, 2.05) is 0 Å². The van der Waals surface area contributed by atoms with Gasteiger partial charge in [0.15, 0.2) is 0 Å². The first-order valence-corrected chi connectivity index (χ1v) is 8.71. The lowest BCUT2D eigenvalue weighted by atomic mass is 10.0. The molecule has 9 heteroatoms. The molecule has 0 heterocycles. The number of carbonyl (C=O) groups excluding carboxylic acids is 1. The van der Waals surface area contributed by atoms with E-state index in [4.69, 9.17) is 16.7 Å². The summed E-state index contributed by atoms with van der Waals surface area (Å²) in [7, 11) is -3.91. The van der Waals surface area contributed by atoms with Crippen molar-refractivity contribution in [1.29, 1.82) is 0 Å². The van der Waals surface area contributed by atoms with Crippen LogP contribution in [-0.4, -0.2) is 37.5 Å². The fourth-order valence-electron chi connectivity index (χ4n) is 1.76. The van der Waals surface area contributed by atoms with Crippen molar-refractivity contribution in [1.82, 2.24) is 10.0 Å². The summed E-state index contributed by atoms with van der Waals surface area (Å²) in [5.74, 6) is -2.23. The molecule has 0 saturated heterocycles. The van der Waals surface area contributed by atoms with E-state index < -0.39 is 34.0 Å². The Kier molecular flexibility index (Phi) is 6.55. The molecule has 1 amide bonds. The van der Waals surface area contributed by atoms with Gasteiger partial charge in [-0.05, 0) is 37.1 Å². The van der Waals surface area contributed by atoms with Crippen molar-refractivity contribution in [2.24, 2.45) is 5.92 Å². The lowest BCUT2D eigenvalue weighted by Crippen LogP contribution is -2.51. The second kappa shape index (κ2) is 7.76. The minimum Gasteiger partial charge on any atom is -0.480 e. The molecule has 1 rings (SSSR count). The van der Waals surface area contributed by atoms with Crippen molar-refractivity contribution < 1.29 is 23.1 Å². The average Bonchev–Trinajstić information content (AvgIpc) is 2.43. The quantitative estimate of drug-likeness (QED) is 0.675. The van der Waals surface area contributed by atoms with Crippen LogP contribution in [0.5, 0.6) is 0 Å². The summed E-state index contributed by atoms with van der Waals surface area (Å²) >= 11 is 5.70. The second-order valence-electron chi connectivity index (χ2n) is 5.37. The summed E-state index contributed by atoms with van der Waals surface area (Å²) in [5, 5.41) is 11.7. The Morgan fingerprint density at radius 1 is 1.13 bits per heavy atom. The van der Waals surface area contributed by atoms with Gasteiger partial charge in [0.25, 0.3) is 0 Å². The van der Waals surface area contributed by atoms with E-state index in [-0.39, 0.29) is 10.8 Å². The molecule has 1 aromatic carbocycles. The normalized spacial score (nSPS) is 14.3. The van der Waals surface area contributed by atoms with Gasteiger partial charge in [0, 0.05) is 5.02 Å². The molecule has 3 N–H and O–H groups in total. The Hall–Kier alpha value is -1.64. The summed E-state index contributed by atoms with van der Waals surface area (Å²) in [6, 6.07) is 3.23. The maximum Gasteiger partial charge on any atom is 0.326 e. The van der Waals surface area contributed by atoms with E-state index in [2.05, 4.69) is 10.0 Å². The van der Waals surface area contributed by atoms with Crippen molar-refractivity contribution in [2.45, 2.75) is 37.8 Å². The van der Waals surface area contributed by atoms with Gasteiger partial charge in [-0.1, -0.05) is 25.4 Å². The van der Waals surface area contributed by atoms with Crippen molar-refractivity contribution in [2.75, 3.05) is 0 Å².